The third-order valence-corrected chi connectivity index (χ3v) is 5.45. The van der Waals surface area contributed by atoms with Crippen molar-refractivity contribution in [3.63, 3.8) is 0 Å². The first-order chi connectivity index (χ1) is 9.42. The van der Waals surface area contributed by atoms with Gasteiger partial charge in [0.15, 0.2) is 0 Å². The number of hydrogen-bond donors (Lipinski definition) is 1. The molecule has 1 heterocycles. The van der Waals surface area contributed by atoms with Crippen molar-refractivity contribution in [2.24, 2.45) is 0 Å². The summed E-state index contributed by atoms with van der Waals surface area (Å²) < 4.78 is 31.6. The topological polar surface area (TPSA) is 72.5 Å². The Morgan fingerprint density at radius 1 is 1.30 bits per heavy atom. The summed E-state index contributed by atoms with van der Waals surface area (Å²) in [7, 11) is -2.45. The summed E-state index contributed by atoms with van der Waals surface area (Å²) >= 11 is 6.67. The van der Waals surface area contributed by atoms with E-state index in [1.807, 2.05) is 0 Å². The van der Waals surface area contributed by atoms with Crippen molar-refractivity contribution in [3.05, 3.63) is 46.3 Å². The minimum Gasteiger partial charge on any atom is -0.465 e. The molecule has 0 amide bonds. The molecule has 2 rings (SSSR count). The van der Waals surface area contributed by atoms with Crippen LogP contribution in [0.3, 0.4) is 0 Å². The smallest absolute Gasteiger partial charge is 0.337 e. The number of carbonyl (C=O) groups excluding carboxylic acids is 1. The van der Waals surface area contributed by atoms with Crippen molar-refractivity contribution in [1.82, 2.24) is 0 Å². The van der Waals surface area contributed by atoms with Gasteiger partial charge in [0, 0.05) is 5.69 Å². The zero-order valence-electron chi connectivity index (χ0n) is 10.3. The van der Waals surface area contributed by atoms with Gasteiger partial charge in [0.05, 0.1) is 17.0 Å². The Hall–Kier alpha value is -1.57. The fraction of sp³-hybridized carbons (Fsp3) is 0.0833. The van der Waals surface area contributed by atoms with E-state index in [-0.39, 0.29) is 15.5 Å². The molecule has 0 spiro atoms. The van der Waals surface area contributed by atoms with Crippen LogP contribution in [0.5, 0.6) is 0 Å². The molecule has 8 heteroatoms. The number of nitrogens with one attached hydrogen (secondary N) is 1. The van der Waals surface area contributed by atoms with Gasteiger partial charge in [-0.2, -0.15) is 0 Å². The molecule has 106 valence electrons. The van der Waals surface area contributed by atoms with Crippen LogP contribution in [0.4, 0.5) is 5.69 Å². The zero-order valence-corrected chi connectivity index (χ0v) is 12.7. The number of esters is 1. The van der Waals surface area contributed by atoms with Crippen LogP contribution in [-0.4, -0.2) is 21.5 Å². The van der Waals surface area contributed by atoms with Gasteiger partial charge in [0.25, 0.3) is 10.0 Å². The minimum atomic E-state index is -3.71. The molecule has 0 bridgehead atoms. The lowest BCUT2D eigenvalue weighted by atomic mass is 10.2. The number of hydrogen-bond acceptors (Lipinski definition) is 5. The van der Waals surface area contributed by atoms with Crippen molar-refractivity contribution in [1.29, 1.82) is 0 Å². The number of halogens is 1. The number of rotatable bonds is 4. The van der Waals surface area contributed by atoms with Crippen molar-refractivity contribution in [2.45, 2.75) is 4.21 Å². The first-order valence-electron chi connectivity index (χ1n) is 5.39. The predicted octanol–water partition coefficient (Wildman–Crippen LogP) is 2.99. The molecule has 1 aromatic heterocycles. The Kier molecular flexibility index (Phi) is 4.32. The largest absolute Gasteiger partial charge is 0.465 e. The molecule has 0 unspecified atom stereocenters. The van der Waals surface area contributed by atoms with Gasteiger partial charge < -0.3 is 4.74 Å². The van der Waals surface area contributed by atoms with E-state index in [0.717, 1.165) is 11.3 Å². The molecule has 2 aromatic rings. The van der Waals surface area contributed by atoms with Gasteiger partial charge in [0.1, 0.15) is 4.21 Å². The van der Waals surface area contributed by atoms with Crippen LogP contribution >= 0.6 is 22.9 Å². The molecule has 0 saturated carbocycles. The van der Waals surface area contributed by atoms with Gasteiger partial charge in [-0.05, 0) is 30.3 Å². The minimum absolute atomic E-state index is 0.103. The summed E-state index contributed by atoms with van der Waals surface area (Å²) in [6, 6.07) is 8.96. The lowest BCUT2D eigenvalue weighted by Gasteiger charge is -2.07. The summed E-state index contributed by atoms with van der Waals surface area (Å²) in [4.78, 5) is 11.4. The van der Waals surface area contributed by atoms with E-state index in [9.17, 15) is 13.2 Å². The number of methoxy groups -OCH3 is 1. The number of anilines is 1. The van der Waals surface area contributed by atoms with E-state index in [2.05, 4.69) is 9.46 Å². The number of sulfonamides is 1. The second kappa shape index (κ2) is 5.82. The number of ether oxygens (including phenoxy) is 1. The van der Waals surface area contributed by atoms with Crippen LogP contribution in [0.15, 0.2) is 40.6 Å². The average Bonchev–Trinajstić information content (AvgIpc) is 2.85. The van der Waals surface area contributed by atoms with Gasteiger partial charge in [-0.1, -0.05) is 17.7 Å². The molecule has 20 heavy (non-hydrogen) atoms. The Bertz CT molecular complexity index is 739. The van der Waals surface area contributed by atoms with Crippen molar-refractivity contribution < 1.29 is 17.9 Å². The van der Waals surface area contributed by atoms with E-state index in [0.29, 0.717) is 4.34 Å². The quantitative estimate of drug-likeness (QED) is 0.874. The maximum atomic E-state index is 12.1. The van der Waals surface area contributed by atoms with E-state index < -0.39 is 16.0 Å². The summed E-state index contributed by atoms with van der Waals surface area (Å²) in [6.45, 7) is 0. The SMILES string of the molecule is COC(=O)c1cccc(NS(=O)(=O)c2ccc(Cl)s2)c1. The Balaban J connectivity index is 2.28. The molecule has 0 radical (unpaired) electrons. The molecule has 1 N–H and O–H groups in total. The summed E-state index contributed by atoms with van der Waals surface area (Å²) in [5, 5.41) is 0. The summed E-state index contributed by atoms with van der Waals surface area (Å²) in [5.41, 5.74) is 0.536. The molecule has 0 atom stereocenters. The molecule has 0 aliphatic heterocycles. The molecule has 0 saturated heterocycles. The van der Waals surface area contributed by atoms with Crippen LogP contribution in [0.1, 0.15) is 10.4 Å². The van der Waals surface area contributed by atoms with Crippen LogP contribution < -0.4 is 4.72 Å². The fourth-order valence-corrected chi connectivity index (χ4v) is 4.01. The van der Waals surface area contributed by atoms with E-state index in [1.54, 1.807) is 12.1 Å². The number of thiophene rings is 1. The standard InChI is InChI=1S/C12H10ClNO4S2/c1-18-12(15)8-3-2-4-9(7-8)14-20(16,17)11-6-5-10(13)19-11/h2-7,14H,1H3. The maximum absolute atomic E-state index is 12.1. The first-order valence-corrected chi connectivity index (χ1v) is 8.06. The predicted molar refractivity (Wildman–Crippen MR) is 77.9 cm³/mol. The second-order valence-electron chi connectivity index (χ2n) is 3.74. The average molecular weight is 332 g/mol. The van der Waals surface area contributed by atoms with Crippen molar-refractivity contribution >= 4 is 44.6 Å². The van der Waals surface area contributed by atoms with Crippen LogP contribution in [0.2, 0.25) is 4.34 Å². The van der Waals surface area contributed by atoms with Gasteiger partial charge in [-0.15, -0.1) is 11.3 Å². The summed E-state index contributed by atoms with van der Waals surface area (Å²) in [6.07, 6.45) is 0. The monoisotopic (exact) mass is 331 g/mol. The third-order valence-electron chi connectivity index (χ3n) is 2.35. The van der Waals surface area contributed by atoms with E-state index in [4.69, 9.17) is 11.6 Å². The van der Waals surface area contributed by atoms with E-state index >= 15 is 0 Å². The van der Waals surface area contributed by atoms with Crippen molar-refractivity contribution in [2.75, 3.05) is 11.8 Å². The van der Waals surface area contributed by atoms with Crippen LogP contribution in [-0.2, 0) is 14.8 Å². The van der Waals surface area contributed by atoms with Crippen LogP contribution in [0.25, 0.3) is 0 Å². The number of benzene rings is 1. The van der Waals surface area contributed by atoms with Gasteiger partial charge in [0.2, 0.25) is 0 Å². The molecule has 5 nitrogen and oxygen atoms in total. The van der Waals surface area contributed by atoms with Gasteiger partial charge >= 0.3 is 5.97 Å². The lowest BCUT2D eigenvalue weighted by molar-refractivity contribution is 0.0601. The Labute approximate surface area is 125 Å². The van der Waals surface area contributed by atoms with Crippen LogP contribution in [0, 0.1) is 0 Å². The number of carbonyl (C=O) groups is 1. The highest BCUT2D eigenvalue weighted by Crippen LogP contribution is 2.27. The lowest BCUT2D eigenvalue weighted by Crippen LogP contribution is -2.12. The molecule has 0 aliphatic carbocycles. The second-order valence-corrected chi connectivity index (χ2v) is 7.36. The summed E-state index contributed by atoms with van der Waals surface area (Å²) in [5.74, 6) is -0.537. The molecular formula is C12H10ClNO4S2. The fourth-order valence-electron chi connectivity index (χ4n) is 1.48. The first kappa shape index (κ1) is 14.8. The zero-order chi connectivity index (χ0) is 14.8. The van der Waals surface area contributed by atoms with Gasteiger partial charge in [-0.3, -0.25) is 4.72 Å². The Morgan fingerprint density at radius 3 is 2.65 bits per heavy atom. The van der Waals surface area contributed by atoms with Gasteiger partial charge in [-0.25, -0.2) is 13.2 Å². The highest BCUT2D eigenvalue weighted by atomic mass is 35.5. The molecule has 0 fully saturated rings. The molecule has 1 aromatic carbocycles. The highest BCUT2D eigenvalue weighted by molar-refractivity contribution is 7.94. The molecule has 0 aliphatic rings. The Morgan fingerprint density at radius 2 is 2.05 bits per heavy atom. The normalized spacial score (nSPS) is 11.1. The van der Waals surface area contributed by atoms with E-state index in [1.165, 1.54) is 31.4 Å². The maximum Gasteiger partial charge on any atom is 0.337 e. The highest BCUT2D eigenvalue weighted by Gasteiger charge is 2.17. The third kappa shape index (κ3) is 3.30. The van der Waals surface area contributed by atoms with Crippen molar-refractivity contribution in [3.8, 4) is 0 Å². The molecular weight excluding hydrogens is 322 g/mol.